The predicted molar refractivity (Wildman–Crippen MR) is 127 cm³/mol. The van der Waals surface area contributed by atoms with Gasteiger partial charge in [-0.1, -0.05) is 11.6 Å². The Morgan fingerprint density at radius 1 is 1.06 bits per heavy atom. The van der Waals surface area contributed by atoms with E-state index in [9.17, 15) is 26.4 Å². The zero-order valence-corrected chi connectivity index (χ0v) is 20.9. The number of nitrogens with zero attached hydrogens (tertiary/aromatic N) is 2. The number of sulfone groups is 1. The quantitative estimate of drug-likeness (QED) is 0.530. The molecule has 11 heteroatoms. The van der Waals surface area contributed by atoms with Crippen molar-refractivity contribution in [3.05, 3.63) is 52.0 Å². The van der Waals surface area contributed by atoms with E-state index >= 15 is 0 Å². The van der Waals surface area contributed by atoms with E-state index in [1.165, 1.54) is 11.3 Å². The van der Waals surface area contributed by atoms with Crippen molar-refractivity contribution in [2.45, 2.75) is 56.5 Å². The molecule has 1 atom stereocenters. The fourth-order valence-electron chi connectivity index (χ4n) is 4.37. The first-order chi connectivity index (χ1) is 16.3. The van der Waals surface area contributed by atoms with Gasteiger partial charge in [0.25, 0.3) is 5.91 Å². The smallest absolute Gasteiger partial charge is 0.425 e. The topological polar surface area (TPSA) is 66.9 Å². The minimum Gasteiger partial charge on any atom is -0.480 e. The van der Waals surface area contributed by atoms with E-state index in [-0.39, 0.29) is 29.3 Å². The van der Waals surface area contributed by atoms with Crippen LogP contribution in [0.25, 0.3) is 0 Å². The van der Waals surface area contributed by atoms with Crippen LogP contribution in [0.4, 0.5) is 18.9 Å². The fourth-order valence-corrected chi connectivity index (χ4v) is 5.32. The molecule has 0 radical (unpaired) electrons. The van der Waals surface area contributed by atoms with Crippen LogP contribution in [0, 0.1) is 0 Å². The number of anilines is 1. The van der Waals surface area contributed by atoms with Gasteiger partial charge >= 0.3 is 6.18 Å². The summed E-state index contributed by atoms with van der Waals surface area (Å²) in [7, 11) is -3.70. The normalized spacial score (nSPS) is 17.3. The molecule has 190 valence electrons. The van der Waals surface area contributed by atoms with Gasteiger partial charge in [0.1, 0.15) is 5.75 Å². The maximum atomic E-state index is 13.4. The van der Waals surface area contributed by atoms with Gasteiger partial charge in [0.15, 0.2) is 15.9 Å². The summed E-state index contributed by atoms with van der Waals surface area (Å²) in [6.45, 7) is 3.05. The monoisotopic (exact) mass is 530 g/mol. The van der Waals surface area contributed by atoms with E-state index < -0.39 is 28.0 Å². The summed E-state index contributed by atoms with van der Waals surface area (Å²) in [5, 5.41) is 0.585. The Bertz CT molecular complexity index is 1240. The number of fused-ring (bicyclic) bond motifs is 1. The van der Waals surface area contributed by atoms with Gasteiger partial charge in [0, 0.05) is 32.4 Å². The number of ether oxygens (including phenoxy) is 1. The van der Waals surface area contributed by atoms with E-state index in [2.05, 4.69) is 4.90 Å². The van der Waals surface area contributed by atoms with Crippen molar-refractivity contribution in [2.24, 2.45) is 0 Å². The lowest BCUT2D eigenvalue weighted by Crippen LogP contribution is -2.32. The second kappa shape index (κ2) is 9.54. The Balaban J connectivity index is 1.64. The van der Waals surface area contributed by atoms with Crippen molar-refractivity contribution in [1.82, 2.24) is 4.90 Å². The van der Waals surface area contributed by atoms with E-state index in [1.807, 2.05) is 12.1 Å². The molecule has 35 heavy (non-hydrogen) atoms. The van der Waals surface area contributed by atoms with Crippen LogP contribution in [0.3, 0.4) is 0 Å². The highest BCUT2D eigenvalue weighted by atomic mass is 35.5. The highest BCUT2D eigenvalue weighted by molar-refractivity contribution is 7.90. The summed E-state index contributed by atoms with van der Waals surface area (Å²) in [5.41, 5.74) is 2.41. The summed E-state index contributed by atoms with van der Waals surface area (Å²) < 4.78 is 68.5. The number of hydrogen-bond acceptors (Lipinski definition) is 5. The third-order valence-electron chi connectivity index (χ3n) is 6.35. The van der Waals surface area contributed by atoms with Gasteiger partial charge in [-0.2, -0.15) is 13.2 Å². The molecule has 1 saturated heterocycles. The SMILES string of the molecule is C[C@H](Oc1ccc(S(C)(=O)=O)cc1C(=O)N1Cc2cc(Cl)c(N3CCCCC3)cc2C1)C(F)(F)F. The molecule has 0 unspecified atom stereocenters. The molecule has 2 aromatic rings. The van der Waals surface area contributed by atoms with E-state index in [0.717, 1.165) is 74.1 Å². The molecule has 1 fully saturated rings. The van der Waals surface area contributed by atoms with Gasteiger partial charge in [-0.25, -0.2) is 8.42 Å². The second-order valence-corrected chi connectivity index (χ2v) is 11.4. The number of benzene rings is 2. The zero-order chi connectivity index (χ0) is 25.5. The van der Waals surface area contributed by atoms with E-state index in [0.29, 0.717) is 5.02 Å². The first-order valence-electron chi connectivity index (χ1n) is 11.3. The fraction of sp³-hybridized carbons (Fsp3) is 0.458. The Hall–Kier alpha value is -2.46. The molecule has 0 N–H and O–H groups in total. The van der Waals surface area contributed by atoms with Gasteiger partial charge in [0.05, 0.1) is 21.2 Å². The summed E-state index contributed by atoms with van der Waals surface area (Å²) in [6, 6.07) is 7.09. The molecule has 2 aliphatic heterocycles. The first-order valence-corrected chi connectivity index (χ1v) is 13.5. The van der Waals surface area contributed by atoms with E-state index in [1.54, 1.807) is 0 Å². The number of hydrogen-bond donors (Lipinski definition) is 0. The zero-order valence-electron chi connectivity index (χ0n) is 19.4. The molecule has 2 aromatic carbocycles. The molecule has 2 aliphatic rings. The lowest BCUT2D eigenvalue weighted by Gasteiger charge is -2.30. The van der Waals surface area contributed by atoms with Crippen LogP contribution in [0.1, 0.15) is 47.7 Å². The highest BCUT2D eigenvalue weighted by Gasteiger charge is 2.39. The van der Waals surface area contributed by atoms with Crippen LogP contribution in [-0.2, 0) is 22.9 Å². The van der Waals surface area contributed by atoms with Gasteiger partial charge in [-0.3, -0.25) is 4.79 Å². The first kappa shape index (κ1) is 25.6. The van der Waals surface area contributed by atoms with Crippen LogP contribution < -0.4 is 9.64 Å². The number of piperidine rings is 1. The van der Waals surface area contributed by atoms with Crippen LogP contribution in [0.15, 0.2) is 35.2 Å². The second-order valence-electron chi connectivity index (χ2n) is 9.01. The highest BCUT2D eigenvalue weighted by Crippen LogP contribution is 2.37. The van der Waals surface area contributed by atoms with Crippen molar-refractivity contribution >= 4 is 33.0 Å². The molecule has 2 heterocycles. The molecule has 0 saturated carbocycles. The van der Waals surface area contributed by atoms with Crippen molar-refractivity contribution in [3.63, 3.8) is 0 Å². The van der Waals surface area contributed by atoms with Gasteiger partial charge < -0.3 is 14.5 Å². The van der Waals surface area contributed by atoms with Crippen molar-refractivity contribution in [1.29, 1.82) is 0 Å². The minimum atomic E-state index is -4.65. The lowest BCUT2D eigenvalue weighted by atomic mass is 10.1. The van der Waals surface area contributed by atoms with Gasteiger partial charge in [-0.05, 0) is 67.6 Å². The Morgan fingerprint density at radius 3 is 2.29 bits per heavy atom. The molecular weight excluding hydrogens is 505 g/mol. The molecule has 0 bridgehead atoms. The molecule has 4 rings (SSSR count). The average molecular weight is 531 g/mol. The van der Waals surface area contributed by atoms with Crippen LogP contribution >= 0.6 is 11.6 Å². The number of rotatable bonds is 5. The van der Waals surface area contributed by atoms with Crippen LogP contribution in [-0.4, -0.2) is 50.9 Å². The number of carbonyl (C=O) groups excluding carboxylic acids is 1. The maximum Gasteiger partial charge on any atom is 0.425 e. The van der Waals surface area contributed by atoms with Crippen molar-refractivity contribution < 1.29 is 31.1 Å². The largest absolute Gasteiger partial charge is 0.480 e. The lowest BCUT2D eigenvalue weighted by molar-refractivity contribution is -0.189. The number of amides is 1. The molecule has 0 spiro atoms. The summed E-state index contributed by atoms with van der Waals surface area (Å²) in [6.07, 6.45) is -2.54. The molecule has 0 aliphatic carbocycles. The number of alkyl halides is 3. The molecule has 6 nitrogen and oxygen atoms in total. The Labute approximate surface area is 207 Å². The number of halogens is 4. The van der Waals surface area contributed by atoms with Crippen LogP contribution in [0.2, 0.25) is 5.02 Å². The predicted octanol–water partition coefficient (Wildman–Crippen LogP) is 5.22. The molecular formula is C24H26ClF3N2O4S. The Kier molecular flexibility index (Phi) is 6.98. The summed E-state index contributed by atoms with van der Waals surface area (Å²) in [5.74, 6) is -0.943. The van der Waals surface area contributed by atoms with Crippen molar-refractivity contribution in [2.75, 3.05) is 24.2 Å². The minimum absolute atomic E-state index is 0.181. The summed E-state index contributed by atoms with van der Waals surface area (Å²) in [4.78, 5) is 16.9. The molecule has 1 amide bonds. The van der Waals surface area contributed by atoms with Crippen molar-refractivity contribution in [3.8, 4) is 5.75 Å². The van der Waals surface area contributed by atoms with E-state index in [4.69, 9.17) is 16.3 Å². The van der Waals surface area contributed by atoms with Gasteiger partial charge in [0.2, 0.25) is 0 Å². The molecule has 0 aromatic heterocycles. The number of carbonyl (C=O) groups is 1. The maximum absolute atomic E-state index is 13.4. The standard InChI is InChI=1S/C24H26ClF3N2O4S/c1-15(24(26,27)28)34-22-7-6-18(35(2,32)33)12-19(22)23(31)30-13-16-10-20(25)21(11-17(16)14-30)29-8-4-3-5-9-29/h6-7,10-12,15H,3-5,8-9,13-14H2,1-2H3/t15-/m0/s1. The third-order valence-corrected chi connectivity index (χ3v) is 7.76. The average Bonchev–Trinajstić information content (AvgIpc) is 3.20. The third kappa shape index (κ3) is 5.53. The summed E-state index contributed by atoms with van der Waals surface area (Å²) >= 11 is 6.54. The Morgan fingerprint density at radius 2 is 1.69 bits per heavy atom. The van der Waals surface area contributed by atoms with Gasteiger partial charge in [-0.15, -0.1) is 0 Å². The van der Waals surface area contributed by atoms with Crippen LogP contribution in [0.5, 0.6) is 5.75 Å².